The van der Waals surface area contributed by atoms with Crippen LogP contribution in [0.15, 0.2) is 17.5 Å². The Morgan fingerprint density at radius 3 is 2.93 bits per heavy atom. The molecule has 14 heavy (non-hydrogen) atoms. The number of aliphatic carboxylic acids is 1. The minimum Gasteiger partial charge on any atom is -0.480 e. The van der Waals surface area contributed by atoms with Crippen LogP contribution in [-0.4, -0.2) is 23.7 Å². The Morgan fingerprint density at radius 1 is 1.57 bits per heavy atom. The molecule has 0 aliphatic carbocycles. The number of nitrogens with one attached hydrogen (secondary N) is 1. The summed E-state index contributed by atoms with van der Waals surface area (Å²) in [5.41, 5.74) is 0. The van der Waals surface area contributed by atoms with Gasteiger partial charge in [0.25, 0.3) is 0 Å². The molecule has 0 amide bonds. The van der Waals surface area contributed by atoms with Crippen LogP contribution < -0.4 is 5.32 Å². The van der Waals surface area contributed by atoms with Crippen molar-refractivity contribution in [1.29, 1.82) is 0 Å². The van der Waals surface area contributed by atoms with Crippen molar-refractivity contribution in [1.82, 2.24) is 5.32 Å². The third-order valence-electron chi connectivity index (χ3n) is 2.66. The van der Waals surface area contributed by atoms with Gasteiger partial charge >= 0.3 is 5.97 Å². The Morgan fingerprint density at radius 2 is 2.43 bits per heavy atom. The van der Waals surface area contributed by atoms with Gasteiger partial charge in [-0.1, -0.05) is 6.07 Å². The lowest BCUT2D eigenvalue weighted by molar-refractivity contribution is -0.140. The second-order valence-corrected chi connectivity index (χ2v) is 4.57. The van der Waals surface area contributed by atoms with E-state index in [0.717, 1.165) is 19.4 Å². The molecule has 0 radical (unpaired) electrons. The number of hydrogen-bond donors (Lipinski definition) is 2. The Hall–Kier alpha value is -0.870. The molecule has 3 nitrogen and oxygen atoms in total. The molecule has 2 unspecified atom stereocenters. The number of carbonyl (C=O) groups is 1. The lowest BCUT2D eigenvalue weighted by Gasteiger charge is -2.26. The van der Waals surface area contributed by atoms with Crippen LogP contribution in [0.4, 0.5) is 0 Å². The molecular weight excluding hydrogens is 198 g/mol. The maximum atomic E-state index is 10.7. The maximum Gasteiger partial charge on any atom is 0.320 e. The molecule has 1 saturated heterocycles. The molecule has 2 atom stereocenters. The van der Waals surface area contributed by atoms with Gasteiger partial charge in [0.15, 0.2) is 0 Å². The van der Waals surface area contributed by atoms with Crippen molar-refractivity contribution in [2.24, 2.45) is 0 Å². The number of piperidine rings is 1. The summed E-state index contributed by atoms with van der Waals surface area (Å²) in [6.45, 7) is 0.789. The van der Waals surface area contributed by atoms with Crippen LogP contribution in [0.3, 0.4) is 0 Å². The second-order valence-electron chi connectivity index (χ2n) is 3.59. The zero-order chi connectivity index (χ0) is 9.97. The van der Waals surface area contributed by atoms with Gasteiger partial charge in [-0.25, -0.2) is 0 Å². The molecule has 1 aromatic heterocycles. The van der Waals surface area contributed by atoms with Crippen LogP contribution in [0.1, 0.15) is 23.6 Å². The zero-order valence-corrected chi connectivity index (χ0v) is 8.59. The third-order valence-corrected chi connectivity index (χ3v) is 3.69. The molecule has 2 rings (SSSR count). The predicted molar refractivity (Wildman–Crippen MR) is 55.7 cm³/mol. The maximum absolute atomic E-state index is 10.7. The van der Waals surface area contributed by atoms with E-state index in [1.54, 1.807) is 11.3 Å². The van der Waals surface area contributed by atoms with Crippen LogP contribution in [-0.2, 0) is 4.79 Å². The molecule has 4 heteroatoms. The molecule has 1 aromatic rings. The first-order valence-electron chi connectivity index (χ1n) is 4.77. The fourth-order valence-electron chi connectivity index (χ4n) is 1.83. The normalized spacial score (nSPS) is 27.4. The third kappa shape index (κ3) is 1.96. The molecule has 1 aliphatic rings. The van der Waals surface area contributed by atoms with E-state index in [-0.39, 0.29) is 6.04 Å². The summed E-state index contributed by atoms with van der Waals surface area (Å²) in [6.07, 6.45) is 1.71. The highest BCUT2D eigenvalue weighted by molar-refractivity contribution is 7.10. The minimum absolute atomic E-state index is 0.341. The monoisotopic (exact) mass is 211 g/mol. The number of carboxylic acid groups (broad SMARTS) is 1. The van der Waals surface area contributed by atoms with E-state index < -0.39 is 5.97 Å². The van der Waals surface area contributed by atoms with Gasteiger partial charge < -0.3 is 10.4 Å². The van der Waals surface area contributed by atoms with Crippen LogP contribution in [0, 0.1) is 0 Å². The van der Waals surface area contributed by atoms with Gasteiger partial charge in [0.05, 0.1) is 0 Å². The largest absolute Gasteiger partial charge is 0.480 e. The van der Waals surface area contributed by atoms with Gasteiger partial charge in [0.2, 0.25) is 0 Å². The summed E-state index contributed by atoms with van der Waals surface area (Å²) < 4.78 is 0. The number of thiophene rings is 1. The minimum atomic E-state index is -0.727. The predicted octanol–water partition coefficient (Wildman–Crippen LogP) is 1.67. The van der Waals surface area contributed by atoms with E-state index in [9.17, 15) is 4.79 Å². The van der Waals surface area contributed by atoms with Crippen molar-refractivity contribution < 1.29 is 9.90 Å². The van der Waals surface area contributed by atoms with Gasteiger partial charge in [-0.05, 0) is 24.3 Å². The van der Waals surface area contributed by atoms with Crippen molar-refractivity contribution in [2.75, 3.05) is 6.54 Å². The molecule has 1 aliphatic heterocycles. The molecule has 76 valence electrons. The summed E-state index contributed by atoms with van der Waals surface area (Å²) in [5, 5.41) is 13.9. The fraction of sp³-hybridized carbons (Fsp3) is 0.500. The van der Waals surface area contributed by atoms with Crippen molar-refractivity contribution >= 4 is 17.3 Å². The summed E-state index contributed by atoms with van der Waals surface area (Å²) in [6, 6.07) is 3.83. The van der Waals surface area contributed by atoms with Gasteiger partial charge in [0.1, 0.15) is 6.04 Å². The van der Waals surface area contributed by atoms with Crippen LogP contribution in [0.5, 0.6) is 0 Å². The fourth-order valence-corrected chi connectivity index (χ4v) is 2.70. The first-order valence-corrected chi connectivity index (χ1v) is 5.65. The van der Waals surface area contributed by atoms with Crippen LogP contribution in [0.25, 0.3) is 0 Å². The summed E-state index contributed by atoms with van der Waals surface area (Å²) >= 11 is 1.75. The average molecular weight is 211 g/mol. The highest BCUT2D eigenvalue weighted by atomic mass is 32.1. The van der Waals surface area contributed by atoms with Crippen molar-refractivity contribution in [2.45, 2.75) is 24.8 Å². The van der Waals surface area contributed by atoms with E-state index in [2.05, 4.69) is 16.8 Å². The molecule has 0 aromatic carbocycles. The highest BCUT2D eigenvalue weighted by Gasteiger charge is 2.26. The molecule has 2 heterocycles. The average Bonchev–Trinajstić information content (AvgIpc) is 2.71. The van der Waals surface area contributed by atoms with Crippen molar-refractivity contribution in [3.63, 3.8) is 0 Å². The zero-order valence-electron chi connectivity index (χ0n) is 7.77. The smallest absolute Gasteiger partial charge is 0.320 e. The van der Waals surface area contributed by atoms with Crippen LogP contribution in [0.2, 0.25) is 0 Å². The van der Waals surface area contributed by atoms with E-state index in [4.69, 9.17) is 5.11 Å². The Labute approximate surface area is 86.8 Å². The van der Waals surface area contributed by atoms with Gasteiger partial charge in [-0.3, -0.25) is 4.79 Å². The van der Waals surface area contributed by atoms with E-state index in [1.807, 2.05) is 6.07 Å². The quantitative estimate of drug-likeness (QED) is 0.782. The topological polar surface area (TPSA) is 49.3 Å². The molecule has 0 spiro atoms. The summed E-state index contributed by atoms with van der Waals surface area (Å²) in [4.78, 5) is 12.0. The first-order chi connectivity index (χ1) is 6.77. The standard InChI is InChI=1S/C10H13NO2S/c12-10(13)8-4-3-7(6-11-8)9-2-1-5-14-9/h1-2,5,7-8,11H,3-4,6H2,(H,12,13). The summed E-state index contributed by atoms with van der Waals surface area (Å²) in [7, 11) is 0. The lowest BCUT2D eigenvalue weighted by atomic mass is 9.93. The Bertz CT molecular complexity index is 302. The van der Waals surface area contributed by atoms with Gasteiger partial charge in [0, 0.05) is 17.3 Å². The Kier molecular flexibility index (Phi) is 2.84. The second kappa shape index (κ2) is 4.11. The van der Waals surface area contributed by atoms with E-state index >= 15 is 0 Å². The molecule has 0 saturated carbocycles. The van der Waals surface area contributed by atoms with E-state index in [1.165, 1.54) is 4.88 Å². The molecule has 1 fully saturated rings. The van der Waals surface area contributed by atoms with Gasteiger partial charge in [-0.15, -0.1) is 11.3 Å². The SMILES string of the molecule is O=C(O)C1CCC(c2cccs2)CN1. The number of carboxylic acids is 1. The lowest BCUT2D eigenvalue weighted by Crippen LogP contribution is -2.42. The highest BCUT2D eigenvalue weighted by Crippen LogP contribution is 2.28. The molecule has 0 bridgehead atoms. The first kappa shape index (κ1) is 9.68. The summed E-state index contributed by atoms with van der Waals surface area (Å²) in [5.74, 6) is -0.222. The number of hydrogen-bond acceptors (Lipinski definition) is 3. The molecule has 2 N–H and O–H groups in total. The molecular formula is C10H13NO2S. The Balaban J connectivity index is 1.93. The van der Waals surface area contributed by atoms with Gasteiger partial charge in [-0.2, -0.15) is 0 Å². The van der Waals surface area contributed by atoms with Crippen molar-refractivity contribution in [3.8, 4) is 0 Å². The van der Waals surface area contributed by atoms with Crippen molar-refractivity contribution in [3.05, 3.63) is 22.4 Å². The van der Waals surface area contributed by atoms with Crippen LogP contribution >= 0.6 is 11.3 Å². The number of rotatable bonds is 2. The van der Waals surface area contributed by atoms with E-state index in [0.29, 0.717) is 5.92 Å².